The molecule has 0 radical (unpaired) electrons. The summed E-state index contributed by atoms with van der Waals surface area (Å²) < 4.78 is 14.1. The summed E-state index contributed by atoms with van der Waals surface area (Å²) in [5.41, 5.74) is 0.678. The first-order chi connectivity index (χ1) is 12.1. The Kier molecular flexibility index (Phi) is 4.80. The smallest absolute Gasteiger partial charge is 0.230 e. The number of para-hydroxylation sites is 1. The number of nitrogens with one attached hydrogen (secondary N) is 1. The number of pyridine rings is 1. The molecule has 1 N–H and O–H groups in total. The van der Waals surface area contributed by atoms with Gasteiger partial charge in [-0.2, -0.15) is 0 Å². The second-order valence-electron chi connectivity index (χ2n) is 9.06. The van der Waals surface area contributed by atoms with Gasteiger partial charge < -0.3 is 5.32 Å². The maximum absolute atomic E-state index is 14.1. The molecule has 0 spiro atoms. The fraction of sp³-hybridized carbons (Fsp3) is 0.545. The van der Waals surface area contributed by atoms with Crippen molar-refractivity contribution in [1.82, 2.24) is 4.98 Å². The summed E-state index contributed by atoms with van der Waals surface area (Å²) in [6.07, 6.45) is 2.18. The van der Waals surface area contributed by atoms with Crippen LogP contribution in [0.25, 0.3) is 10.9 Å². The molecule has 3 unspecified atom stereocenters. The minimum Gasteiger partial charge on any atom is -0.324 e. The lowest BCUT2D eigenvalue weighted by Crippen LogP contribution is -2.36. The van der Waals surface area contributed by atoms with E-state index in [1.165, 1.54) is 0 Å². The molecule has 1 aliphatic carbocycles. The number of benzene rings is 1. The summed E-state index contributed by atoms with van der Waals surface area (Å²) in [4.78, 5) is 17.5. The Morgan fingerprint density at radius 2 is 2.00 bits per heavy atom. The highest BCUT2D eigenvalue weighted by Crippen LogP contribution is 2.59. The fourth-order valence-corrected chi connectivity index (χ4v) is 4.12. The molecule has 26 heavy (non-hydrogen) atoms. The van der Waals surface area contributed by atoms with Crippen molar-refractivity contribution in [2.45, 2.75) is 53.6 Å². The predicted molar refractivity (Wildman–Crippen MR) is 105 cm³/mol. The summed E-state index contributed by atoms with van der Waals surface area (Å²) in [6.45, 7) is 10.1. The monoisotopic (exact) mass is 356 g/mol. The molecule has 1 amide bonds. The summed E-state index contributed by atoms with van der Waals surface area (Å²) in [5.74, 6) is 0.269. The van der Waals surface area contributed by atoms with Crippen molar-refractivity contribution in [3.8, 4) is 0 Å². The molecule has 140 valence electrons. The van der Waals surface area contributed by atoms with E-state index < -0.39 is 11.6 Å². The van der Waals surface area contributed by atoms with Gasteiger partial charge in [0.1, 0.15) is 6.17 Å². The Balaban J connectivity index is 1.80. The summed E-state index contributed by atoms with van der Waals surface area (Å²) >= 11 is 0. The van der Waals surface area contributed by atoms with E-state index in [9.17, 15) is 9.18 Å². The van der Waals surface area contributed by atoms with E-state index in [0.29, 0.717) is 18.0 Å². The van der Waals surface area contributed by atoms with Crippen LogP contribution in [0.1, 0.15) is 47.5 Å². The highest BCUT2D eigenvalue weighted by molar-refractivity contribution is 5.96. The van der Waals surface area contributed by atoms with E-state index in [2.05, 4.69) is 24.1 Å². The zero-order chi connectivity index (χ0) is 19.1. The second kappa shape index (κ2) is 6.64. The van der Waals surface area contributed by atoms with Gasteiger partial charge in [-0.1, -0.05) is 52.8 Å². The van der Waals surface area contributed by atoms with Crippen molar-refractivity contribution in [1.29, 1.82) is 0 Å². The van der Waals surface area contributed by atoms with E-state index in [1.54, 1.807) is 6.20 Å². The largest absolute Gasteiger partial charge is 0.324 e. The van der Waals surface area contributed by atoms with Crippen molar-refractivity contribution in [2.24, 2.45) is 22.7 Å². The van der Waals surface area contributed by atoms with Crippen molar-refractivity contribution in [3.05, 3.63) is 36.5 Å². The minimum atomic E-state index is -0.816. The van der Waals surface area contributed by atoms with E-state index >= 15 is 0 Å². The lowest BCUT2D eigenvalue weighted by Gasteiger charge is -2.30. The number of nitrogens with zero attached hydrogens (tertiary/aromatic N) is 1. The number of aromatic nitrogens is 1. The third kappa shape index (κ3) is 3.60. The molecule has 1 aromatic heterocycles. The number of halogens is 1. The Hall–Kier alpha value is -1.97. The van der Waals surface area contributed by atoms with Gasteiger partial charge in [0, 0.05) is 16.2 Å². The van der Waals surface area contributed by atoms with Crippen LogP contribution in [0.4, 0.5) is 10.1 Å². The maximum Gasteiger partial charge on any atom is 0.230 e. The number of alkyl halides is 1. The summed E-state index contributed by atoms with van der Waals surface area (Å²) in [5, 5.41) is 4.02. The minimum absolute atomic E-state index is 0.0434. The number of hydrogen-bond donors (Lipinski definition) is 1. The van der Waals surface area contributed by atoms with Crippen molar-refractivity contribution >= 4 is 22.5 Å². The van der Waals surface area contributed by atoms with Crippen molar-refractivity contribution in [3.63, 3.8) is 0 Å². The van der Waals surface area contributed by atoms with Crippen LogP contribution in [-0.4, -0.2) is 17.1 Å². The Bertz CT molecular complexity index is 817. The molecule has 2 aromatic rings. The predicted octanol–water partition coefficient (Wildman–Crippen LogP) is 5.61. The molecule has 1 saturated carbocycles. The molecule has 1 fully saturated rings. The van der Waals surface area contributed by atoms with Gasteiger partial charge in [-0.05, 0) is 36.8 Å². The average molecular weight is 356 g/mol. The maximum atomic E-state index is 14.1. The molecule has 1 heterocycles. The van der Waals surface area contributed by atoms with Gasteiger partial charge in [0.25, 0.3) is 0 Å². The standard InChI is InChI=1S/C22H29FN2O/c1-14(2)11-22(5,12-17-19(23)21(17,3)4)20(26)25-16-10-15-8-6-7-9-18(15)24-13-16/h6-10,13-14,17,19H,11-12H2,1-5H3,(H,25,26). The SMILES string of the molecule is CC(C)CC(C)(CC1C(F)C1(C)C)C(=O)Nc1cnc2ccccc2c1. The van der Waals surface area contributed by atoms with Crippen LogP contribution in [0, 0.1) is 22.7 Å². The zero-order valence-electron chi connectivity index (χ0n) is 16.3. The lowest BCUT2D eigenvalue weighted by atomic mass is 9.76. The Morgan fingerprint density at radius 3 is 2.62 bits per heavy atom. The number of rotatable bonds is 6. The first kappa shape index (κ1) is 18.8. The van der Waals surface area contributed by atoms with Crippen LogP contribution in [0.3, 0.4) is 0 Å². The lowest BCUT2D eigenvalue weighted by molar-refractivity contribution is -0.126. The molecule has 4 heteroatoms. The van der Waals surface area contributed by atoms with Crippen LogP contribution >= 0.6 is 0 Å². The number of fused-ring (bicyclic) bond motifs is 1. The highest BCUT2D eigenvalue weighted by atomic mass is 19.1. The van der Waals surface area contributed by atoms with Crippen molar-refractivity contribution < 1.29 is 9.18 Å². The first-order valence-electron chi connectivity index (χ1n) is 9.44. The third-order valence-electron chi connectivity index (χ3n) is 5.84. The third-order valence-corrected chi connectivity index (χ3v) is 5.84. The molecule has 3 rings (SSSR count). The van der Waals surface area contributed by atoms with E-state index in [1.807, 2.05) is 51.1 Å². The molecule has 1 aliphatic rings. The zero-order valence-corrected chi connectivity index (χ0v) is 16.3. The fourth-order valence-electron chi connectivity index (χ4n) is 4.12. The first-order valence-corrected chi connectivity index (χ1v) is 9.44. The van der Waals surface area contributed by atoms with Gasteiger partial charge in [0.15, 0.2) is 0 Å². The van der Waals surface area contributed by atoms with Crippen LogP contribution in [0.5, 0.6) is 0 Å². The van der Waals surface area contributed by atoms with Crippen LogP contribution in [0.15, 0.2) is 36.5 Å². The van der Waals surface area contributed by atoms with Gasteiger partial charge in [0.2, 0.25) is 5.91 Å². The molecule has 0 aliphatic heterocycles. The van der Waals surface area contributed by atoms with Crippen LogP contribution < -0.4 is 5.32 Å². The number of anilines is 1. The number of carbonyl (C=O) groups is 1. The summed E-state index contributed by atoms with van der Waals surface area (Å²) in [6, 6.07) is 9.76. The Morgan fingerprint density at radius 1 is 1.35 bits per heavy atom. The van der Waals surface area contributed by atoms with Gasteiger partial charge in [-0.15, -0.1) is 0 Å². The molecule has 3 nitrogen and oxygen atoms in total. The topological polar surface area (TPSA) is 42.0 Å². The number of carbonyl (C=O) groups excluding carboxylic acids is 1. The Labute approximate surface area is 155 Å². The van der Waals surface area contributed by atoms with Gasteiger partial charge >= 0.3 is 0 Å². The van der Waals surface area contributed by atoms with E-state index in [4.69, 9.17) is 0 Å². The second-order valence-corrected chi connectivity index (χ2v) is 9.06. The molecule has 0 saturated heterocycles. The molecule has 0 bridgehead atoms. The van der Waals surface area contributed by atoms with E-state index in [0.717, 1.165) is 17.3 Å². The van der Waals surface area contributed by atoms with Crippen LogP contribution in [0.2, 0.25) is 0 Å². The van der Waals surface area contributed by atoms with E-state index in [-0.39, 0.29) is 17.2 Å². The molecule has 1 aromatic carbocycles. The van der Waals surface area contributed by atoms with Gasteiger partial charge in [-0.3, -0.25) is 9.78 Å². The quantitative estimate of drug-likeness (QED) is 0.731. The molecular formula is C22H29FN2O. The van der Waals surface area contributed by atoms with Gasteiger partial charge in [0.05, 0.1) is 17.4 Å². The molecule has 3 atom stereocenters. The molecular weight excluding hydrogens is 327 g/mol. The normalized spacial score (nSPS) is 23.7. The van der Waals surface area contributed by atoms with Crippen molar-refractivity contribution in [2.75, 3.05) is 5.32 Å². The highest BCUT2D eigenvalue weighted by Gasteiger charge is 2.61. The summed E-state index contributed by atoms with van der Waals surface area (Å²) in [7, 11) is 0. The average Bonchev–Trinajstić information content (AvgIpc) is 3.03. The van der Waals surface area contributed by atoms with Crippen LogP contribution in [-0.2, 0) is 4.79 Å². The van der Waals surface area contributed by atoms with Gasteiger partial charge in [-0.25, -0.2) is 4.39 Å². The number of amides is 1. The number of hydrogen-bond acceptors (Lipinski definition) is 2.